The van der Waals surface area contributed by atoms with Crippen molar-refractivity contribution in [2.45, 2.75) is 92.0 Å². The van der Waals surface area contributed by atoms with Gasteiger partial charge in [-0.2, -0.15) is 0 Å². The molecule has 0 N–H and O–H groups in total. The van der Waals surface area contributed by atoms with E-state index < -0.39 is 18.4 Å². The Bertz CT molecular complexity index is 588. The molecule has 28 heavy (non-hydrogen) atoms. The first kappa shape index (κ1) is 23.6. The third-order valence-corrected chi connectivity index (χ3v) is 20.1. The molecule has 0 bridgehead atoms. The second-order valence-electron chi connectivity index (χ2n) is 9.14. The summed E-state index contributed by atoms with van der Waals surface area (Å²) < 4.78 is 17.7. The summed E-state index contributed by atoms with van der Waals surface area (Å²) in [5, 5.41) is 0. The molecular weight excluding hydrogens is 453 g/mol. The topological polar surface area (TPSA) is 30.8 Å². The molecule has 3 nitrogen and oxygen atoms in total. The molecule has 1 aromatic rings. The van der Waals surface area contributed by atoms with Crippen LogP contribution in [0.4, 0.5) is 0 Å². The second kappa shape index (κ2) is 11.5. The molecule has 0 aliphatic carbocycles. The fourth-order valence-electron chi connectivity index (χ4n) is 3.91. The molecule has 1 heterocycles. The van der Waals surface area contributed by atoms with Crippen LogP contribution in [0.25, 0.3) is 0 Å². The zero-order valence-corrected chi connectivity index (χ0v) is 21.7. The van der Waals surface area contributed by atoms with E-state index in [4.69, 9.17) is 9.47 Å². The average molecular weight is 494 g/mol. The van der Waals surface area contributed by atoms with Crippen LogP contribution in [0.2, 0.25) is 13.3 Å². The minimum absolute atomic E-state index is 0.115. The van der Waals surface area contributed by atoms with Crippen molar-refractivity contribution < 1.29 is 9.47 Å². The Balaban J connectivity index is 2.04. The Morgan fingerprint density at radius 2 is 1.46 bits per heavy atom. The van der Waals surface area contributed by atoms with Crippen LogP contribution in [0.1, 0.15) is 78.7 Å². The number of hydrogen-bond acceptors (Lipinski definition) is 3. The van der Waals surface area contributed by atoms with Gasteiger partial charge in [-0.05, 0) is 0 Å². The van der Waals surface area contributed by atoms with Crippen molar-refractivity contribution in [2.75, 3.05) is 11.2 Å². The van der Waals surface area contributed by atoms with E-state index in [1.54, 1.807) is 0 Å². The predicted octanol–water partition coefficient (Wildman–Crippen LogP) is 7.01. The standard InChI is InChI=1S/C12H14NO2.3C4H9.Sn/c1-12(2)8-15-11(13-12)9-4-6-10(14-3)7-5-9;3*1-3-4-2;/h4-7H,3,8H2,1-2H3;3*1,3-4H2,2H3;. The number of ether oxygens (including phenoxy) is 2. The molecule has 2 rings (SSSR count). The number of rotatable bonds is 13. The maximum atomic E-state index is 6.43. The Kier molecular flexibility index (Phi) is 9.65. The van der Waals surface area contributed by atoms with Crippen LogP contribution in [-0.4, -0.2) is 41.0 Å². The Labute approximate surface area is 177 Å². The Morgan fingerprint density at radius 3 is 1.89 bits per heavy atom. The number of benzene rings is 1. The molecule has 0 amide bonds. The summed E-state index contributed by atoms with van der Waals surface area (Å²) in [4.78, 5) is 4.67. The number of unbranched alkanes of at least 4 members (excludes halogenated alkanes) is 3. The quantitative estimate of drug-likeness (QED) is 0.276. The Morgan fingerprint density at radius 1 is 0.929 bits per heavy atom. The fourth-order valence-corrected chi connectivity index (χ4v) is 18.1. The summed E-state index contributed by atoms with van der Waals surface area (Å²) in [6.07, 6.45) is 8.09. The number of aliphatic imine (C=N–C) groups is 1. The van der Waals surface area contributed by atoms with E-state index in [0.29, 0.717) is 6.61 Å². The SMILES string of the molecule is CCC[CH2][Sn]([CH2]CCC)([CH2]CCC)[CH2]Oc1ccc(C2=NC(C)(C)CO2)cc1. The molecule has 0 atom stereocenters. The van der Waals surface area contributed by atoms with Crippen molar-refractivity contribution in [3.05, 3.63) is 29.8 Å². The van der Waals surface area contributed by atoms with Crippen LogP contribution in [0.5, 0.6) is 5.75 Å². The first-order valence-electron chi connectivity index (χ1n) is 11.4. The molecule has 0 fully saturated rings. The van der Waals surface area contributed by atoms with Gasteiger partial charge in [0.25, 0.3) is 0 Å². The van der Waals surface area contributed by atoms with Crippen molar-refractivity contribution in [1.29, 1.82) is 0 Å². The van der Waals surface area contributed by atoms with Crippen molar-refractivity contribution in [3.8, 4) is 5.75 Å². The van der Waals surface area contributed by atoms with Crippen molar-refractivity contribution in [2.24, 2.45) is 4.99 Å². The van der Waals surface area contributed by atoms with Gasteiger partial charge >= 0.3 is 178 Å². The van der Waals surface area contributed by atoms with Gasteiger partial charge in [0.1, 0.15) is 0 Å². The number of nitrogens with zero attached hydrogens (tertiary/aromatic N) is 1. The molecule has 0 unspecified atom stereocenters. The third-order valence-electron chi connectivity index (χ3n) is 5.79. The molecule has 1 aromatic carbocycles. The van der Waals surface area contributed by atoms with Crippen molar-refractivity contribution in [1.82, 2.24) is 0 Å². The minimum atomic E-state index is -2.24. The summed E-state index contributed by atoms with van der Waals surface area (Å²) in [6, 6.07) is 8.39. The van der Waals surface area contributed by atoms with Gasteiger partial charge in [-0.1, -0.05) is 0 Å². The Hall–Kier alpha value is -0.711. The van der Waals surface area contributed by atoms with Gasteiger partial charge < -0.3 is 0 Å². The van der Waals surface area contributed by atoms with Crippen LogP contribution < -0.4 is 4.74 Å². The monoisotopic (exact) mass is 495 g/mol. The van der Waals surface area contributed by atoms with Gasteiger partial charge in [0.05, 0.1) is 0 Å². The first-order chi connectivity index (χ1) is 13.4. The fraction of sp³-hybridized carbons (Fsp3) is 0.708. The van der Waals surface area contributed by atoms with E-state index in [2.05, 4.69) is 63.9 Å². The molecule has 0 saturated heterocycles. The van der Waals surface area contributed by atoms with Crippen LogP contribution in [0.15, 0.2) is 29.3 Å². The van der Waals surface area contributed by atoms with Gasteiger partial charge in [-0.3, -0.25) is 0 Å². The summed E-state index contributed by atoms with van der Waals surface area (Å²) in [5.74, 6) is 1.77. The molecule has 1 aliphatic rings. The van der Waals surface area contributed by atoms with Crippen molar-refractivity contribution >= 4 is 24.3 Å². The average Bonchev–Trinajstić information content (AvgIpc) is 3.07. The van der Waals surface area contributed by atoms with E-state index >= 15 is 0 Å². The molecule has 0 radical (unpaired) electrons. The van der Waals surface area contributed by atoms with Gasteiger partial charge in [0.2, 0.25) is 0 Å². The zero-order valence-electron chi connectivity index (χ0n) is 18.9. The molecular formula is C24H41NO2Sn. The summed E-state index contributed by atoms with van der Waals surface area (Å²) >= 11 is -2.24. The van der Waals surface area contributed by atoms with Gasteiger partial charge in [0.15, 0.2) is 0 Å². The van der Waals surface area contributed by atoms with Gasteiger partial charge in [-0.15, -0.1) is 0 Å². The predicted molar refractivity (Wildman–Crippen MR) is 123 cm³/mol. The second-order valence-corrected chi connectivity index (χ2v) is 22.8. The number of hydrogen-bond donors (Lipinski definition) is 0. The molecule has 1 aliphatic heterocycles. The van der Waals surface area contributed by atoms with Gasteiger partial charge in [-0.25, -0.2) is 0 Å². The molecule has 0 spiro atoms. The summed E-state index contributed by atoms with van der Waals surface area (Å²) in [6.45, 7) is 11.8. The molecule has 0 saturated carbocycles. The first-order valence-corrected chi connectivity index (χ1v) is 19.5. The normalized spacial score (nSPS) is 16.0. The van der Waals surface area contributed by atoms with E-state index in [9.17, 15) is 0 Å². The summed E-state index contributed by atoms with van der Waals surface area (Å²) in [7, 11) is 0. The van der Waals surface area contributed by atoms with Crippen LogP contribution in [0.3, 0.4) is 0 Å². The van der Waals surface area contributed by atoms with Gasteiger partial charge in [0, 0.05) is 0 Å². The molecule has 4 heteroatoms. The van der Waals surface area contributed by atoms with Crippen LogP contribution in [0, 0.1) is 0 Å². The van der Waals surface area contributed by atoms with E-state index in [-0.39, 0.29) is 5.54 Å². The third kappa shape index (κ3) is 7.27. The van der Waals surface area contributed by atoms with Crippen LogP contribution >= 0.6 is 0 Å². The van der Waals surface area contributed by atoms with E-state index in [1.165, 1.54) is 51.8 Å². The van der Waals surface area contributed by atoms with Crippen LogP contribution in [-0.2, 0) is 4.74 Å². The van der Waals surface area contributed by atoms with Crippen molar-refractivity contribution in [3.63, 3.8) is 0 Å². The maximum absolute atomic E-state index is 6.43. The summed E-state index contributed by atoms with van der Waals surface area (Å²) in [5.41, 5.74) is 0.937. The van der Waals surface area contributed by atoms with E-state index in [0.717, 1.165) is 21.8 Å². The van der Waals surface area contributed by atoms with E-state index in [1.807, 2.05) is 0 Å². The molecule has 0 aromatic heterocycles. The zero-order chi connectivity index (χ0) is 20.5. The molecule has 158 valence electrons.